The summed E-state index contributed by atoms with van der Waals surface area (Å²) in [6, 6.07) is 7.71. The minimum absolute atomic E-state index is 0.131. The monoisotopic (exact) mass is 339 g/mol. The lowest BCUT2D eigenvalue weighted by atomic mass is 10.2. The minimum Gasteiger partial charge on any atom is -0.464 e. The Morgan fingerprint density at radius 3 is 2.75 bits per heavy atom. The normalized spacial score (nSPS) is 10.2. The predicted octanol–water partition coefficient (Wildman–Crippen LogP) is 2.78. The molecular weight excluding hydrogens is 329 g/mol. The van der Waals surface area contributed by atoms with Gasteiger partial charge >= 0.3 is 5.97 Å². The van der Waals surface area contributed by atoms with Crippen LogP contribution in [0.25, 0.3) is 0 Å². The molecular formula is C13H11BrFN3O2. The molecule has 104 valence electrons. The Morgan fingerprint density at radius 1 is 1.35 bits per heavy atom. The molecule has 0 saturated carbocycles. The summed E-state index contributed by atoms with van der Waals surface area (Å²) in [5.41, 5.74) is 0.891. The fraction of sp³-hybridized carbons (Fsp3) is 0.154. The molecule has 0 aliphatic carbocycles. The zero-order valence-electron chi connectivity index (χ0n) is 10.6. The van der Waals surface area contributed by atoms with Crippen molar-refractivity contribution < 1.29 is 13.9 Å². The topological polar surface area (TPSA) is 64.1 Å². The Bertz CT molecular complexity index is 599. The smallest absolute Gasteiger partial charge is 0.358 e. The highest BCUT2D eigenvalue weighted by Gasteiger charge is 2.07. The zero-order chi connectivity index (χ0) is 14.5. The number of ether oxygens (including phenoxy) is 1. The second kappa shape index (κ2) is 6.42. The van der Waals surface area contributed by atoms with Crippen LogP contribution in [0, 0.1) is 5.82 Å². The van der Waals surface area contributed by atoms with E-state index < -0.39 is 5.97 Å². The standard InChI is InChI=1S/C13H11BrFN3O2/c1-20-13(19)11-2-3-12(18-17-11)16-7-8-4-9(14)6-10(15)5-8/h2-6H,7H2,1H3,(H,16,18). The van der Waals surface area contributed by atoms with Crippen LogP contribution in [0.4, 0.5) is 10.2 Å². The SMILES string of the molecule is COC(=O)c1ccc(NCc2cc(F)cc(Br)c2)nn1. The number of halogens is 2. The van der Waals surface area contributed by atoms with Crippen LogP contribution in [0.2, 0.25) is 0 Å². The summed E-state index contributed by atoms with van der Waals surface area (Å²) in [5, 5.41) is 10.6. The maximum Gasteiger partial charge on any atom is 0.358 e. The molecule has 0 saturated heterocycles. The number of rotatable bonds is 4. The van der Waals surface area contributed by atoms with Gasteiger partial charge < -0.3 is 10.1 Å². The van der Waals surface area contributed by atoms with E-state index in [0.717, 1.165) is 5.56 Å². The van der Waals surface area contributed by atoms with E-state index in [4.69, 9.17) is 0 Å². The van der Waals surface area contributed by atoms with Crippen molar-refractivity contribution in [3.63, 3.8) is 0 Å². The van der Waals surface area contributed by atoms with Crippen molar-refractivity contribution in [1.82, 2.24) is 10.2 Å². The van der Waals surface area contributed by atoms with E-state index in [0.29, 0.717) is 16.8 Å². The second-order valence-electron chi connectivity index (χ2n) is 3.93. The van der Waals surface area contributed by atoms with Gasteiger partial charge in [-0.1, -0.05) is 15.9 Å². The molecule has 0 atom stereocenters. The van der Waals surface area contributed by atoms with Crippen LogP contribution in [0.3, 0.4) is 0 Å². The van der Waals surface area contributed by atoms with Crippen LogP contribution in [0.5, 0.6) is 0 Å². The molecule has 0 spiro atoms. The highest BCUT2D eigenvalue weighted by Crippen LogP contribution is 2.15. The van der Waals surface area contributed by atoms with Crippen LogP contribution in [-0.2, 0) is 11.3 Å². The first kappa shape index (κ1) is 14.4. The van der Waals surface area contributed by atoms with Gasteiger partial charge in [-0.2, -0.15) is 0 Å². The molecule has 2 aromatic rings. The molecule has 5 nitrogen and oxygen atoms in total. The summed E-state index contributed by atoms with van der Waals surface area (Å²) in [4.78, 5) is 11.2. The van der Waals surface area contributed by atoms with E-state index in [2.05, 4.69) is 36.2 Å². The van der Waals surface area contributed by atoms with E-state index >= 15 is 0 Å². The molecule has 0 unspecified atom stereocenters. The van der Waals surface area contributed by atoms with Crippen LogP contribution >= 0.6 is 15.9 Å². The molecule has 1 N–H and O–H groups in total. The summed E-state index contributed by atoms with van der Waals surface area (Å²) in [6.07, 6.45) is 0. The maximum atomic E-state index is 13.2. The molecule has 1 aromatic carbocycles. The van der Waals surface area contributed by atoms with Crippen molar-refractivity contribution >= 4 is 27.7 Å². The number of hydrogen-bond donors (Lipinski definition) is 1. The van der Waals surface area contributed by atoms with Gasteiger partial charge in [0.2, 0.25) is 0 Å². The average molecular weight is 340 g/mol. The molecule has 0 bridgehead atoms. The summed E-state index contributed by atoms with van der Waals surface area (Å²) in [7, 11) is 1.28. The van der Waals surface area contributed by atoms with Crippen LogP contribution in [-0.4, -0.2) is 23.3 Å². The fourth-order valence-corrected chi connectivity index (χ4v) is 2.06. The summed E-state index contributed by atoms with van der Waals surface area (Å²) in [5.74, 6) is -0.376. The number of nitrogens with zero attached hydrogens (tertiary/aromatic N) is 2. The van der Waals surface area contributed by atoms with Gasteiger partial charge in [0, 0.05) is 11.0 Å². The summed E-state index contributed by atoms with van der Waals surface area (Å²) in [6.45, 7) is 0.391. The third-order valence-electron chi connectivity index (χ3n) is 2.46. The van der Waals surface area contributed by atoms with E-state index in [9.17, 15) is 9.18 Å². The fourth-order valence-electron chi connectivity index (χ4n) is 1.55. The Balaban J connectivity index is 2.02. The lowest BCUT2D eigenvalue weighted by Gasteiger charge is -2.06. The number of benzene rings is 1. The van der Waals surface area contributed by atoms with Crippen molar-refractivity contribution in [2.45, 2.75) is 6.54 Å². The Labute approximate surface area is 123 Å². The van der Waals surface area contributed by atoms with Gasteiger partial charge in [0.25, 0.3) is 0 Å². The molecule has 0 radical (unpaired) electrons. The molecule has 1 aromatic heterocycles. The Kier molecular flexibility index (Phi) is 4.62. The lowest BCUT2D eigenvalue weighted by Crippen LogP contribution is -2.08. The molecule has 7 heteroatoms. The number of nitrogens with one attached hydrogen (secondary N) is 1. The molecule has 0 fully saturated rings. The number of methoxy groups -OCH3 is 1. The zero-order valence-corrected chi connectivity index (χ0v) is 12.1. The number of hydrogen-bond acceptors (Lipinski definition) is 5. The number of carbonyl (C=O) groups is 1. The van der Waals surface area contributed by atoms with E-state index in [1.807, 2.05) is 0 Å². The Morgan fingerprint density at radius 2 is 2.15 bits per heavy atom. The largest absolute Gasteiger partial charge is 0.464 e. The molecule has 0 amide bonds. The van der Waals surface area contributed by atoms with Crippen molar-refractivity contribution in [1.29, 1.82) is 0 Å². The van der Waals surface area contributed by atoms with E-state index in [1.54, 1.807) is 12.1 Å². The molecule has 1 heterocycles. The average Bonchev–Trinajstić information content (AvgIpc) is 2.44. The van der Waals surface area contributed by atoms with Gasteiger partial charge in [-0.05, 0) is 35.9 Å². The van der Waals surface area contributed by atoms with Gasteiger partial charge in [0.1, 0.15) is 11.6 Å². The molecule has 0 aliphatic heterocycles. The third kappa shape index (κ3) is 3.74. The van der Waals surface area contributed by atoms with Gasteiger partial charge in [0.15, 0.2) is 5.69 Å². The van der Waals surface area contributed by atoms with Crippen LogP contribution < -0.4 is 5.32 Å². The first-order chi connectivity index (χ1) is 9.58. The summed E-state index contributed by atoms with van der Waals surface area (Å²) < 4.78 is 18.4. The summed E-state index contributed by atoms with van der Waals surface area (Å²) >= 11 is 3.23. The van der Waals surface area contributed by atoms with Crippen LogP contribution in [0.15, 0.2) is 34.8 Å². The minimum atomic E-state index is -0.543. The van der Waals surface area contributed by atoms with Crippen molar-refractivity contribution in [3.8, 4) is 0 Å². The van der Waals surface area contributed by atoms with Crippen molar-refractivity contribution in [2.24, 2.45) is 0 Å². The Hall–Kier alpha value is -2.02. The van der Waals surface area contributed by atoms with Crippen LogP contribution in [0.1, 0.15) is 16.1 Å². The van der Waals surface area contributed by atoms with Crippen molar-refractivity contribution in [3.05, 3.63) is 51.9 Å². The first-order valence-corrected chi connectivity index (χ1v) is 6.48. The highest BCUT2D eigenvalue weighted by molar-refractivity contribution is 9.10. The van der Waals surface area contributed by atoms with Gasteiger partial charge in [-0.15, -0.1) is 10.2 Å². The molecule has 2 rings (SSSR count). The quantitative estimate of drug-likeness (QED) is 0.867. The first-order valence-electron chi connectivity index (χ1n) is 5.69. The highest BCUT2D eigenvalue weighted by atomic mass is 79.9. The van der Waals surface area contributed by atoms with E-state index in [1.165, 1.54) is 25.3 Å². The number of aromatic nitrogens is 2. The van der Waals surface area contributed by atoms with Crippen molar-refractivity contribution in [2.75, 3.05) is 12.4 Å². The van der Waals surface area contributed by atoms with E-state index in [-0.39, 0.29) is 11.5 Å². The second-order valence-corrected chi connectivity index (χ2v) is 4.84. The molecule has 20 heavy (non-hydrogen) atoms. The number of carbonyl (C=O) groups excluding carboxylic acids is 1. The third-order valence-corrected chi connectivity index (χ3v) is 2.91. The van der Waals surface area contributed by atoms with Gasteiger partial charge in [-0.25, -0.2) is 9.18 Å². The number of anilines is 1. The maximum absolute atomic E-state index is 13.2. The molecule has 0 aliphatic rings. The van der Waals surface area contributed by atoms with Gasteiger partial charge in [-0.3, -0.25) is 0 Å². The predicted molar refractivity (Wildman–Crippen MR) is 74.8 cm³/mol. The number of esters is 1. The van der Waals surface area contributed by atoms with Gasteiger partial charge in [0.05, 0.1) is 7.11 Å². The lowest BCUT2D eigenvalue weighted by molar-refractivity contribution is 0.0593.